The van der Waals surface area contributed by atoms with E-state index in [0.717, 1.165) is 12.5 Å². The van der Waals surface area contributed by atoms with Gasteiger partial charge in [0.15, 0.2) is 10.4 Å². The van der Waals surface area contributed by atoms with Gasteiger partial charge in [0.1, 0.15) is 4.90 Å². The lowest BCUT2D eigenvalue weighted by Crippen LogP contribution is -2.25. The Morgan fingerprint density at radius 3 is 2.72 bits per heavy atom. The van der Waals surface area contributed by atoms with Crippen LogP contribution < -0.4 is 10.5 Å². The quantitative estimate of drug-likeness (QED) is 0.858. The molecule has 0 aromatic carbocycles. The summed E-state index contributed by atoms with van der Waals surface area (Å²) in [5, 5.41) is 7.67. The number of furan rings is 1. The maximum atomic E-state index is 11.7. The molecule has 2 unspecified atom stereocenters. The van der Waals surface area contributed by atoms with Crippen LogP contribution in [-0.4, -0.2) is 20.9 Å². The Morgan fingerprint density at radius 1 is 1.67 bits per heavy atom. The molecule has 2 rings (SSSR count). The number of nitrogens with two attached hydrogens (primary N) is 1. The van der Waals surface area contributed by atoms with Crippen LogP contribution in [0.2, 0.25) is 0 Å². The Morgan fingerprint density at radius 2 is 2.28 bits per heavy atom. The fourth-order valence-corrected chi connectivity index (χ4v) is 3.15. The molecular formula is C10H13BrN2O4S. The van der Waals surface area contributed by atoms with Crippen LogP contribution in [0.3, 0.4) is 0 Å². The Bertz CT molecular complexity index is 581. The highest BCUT2D eigenvalue weighted by atomic mass is 79.9. The smallest absolute Gasteiger partial charge is 0.287 e. The highest BCUT2D eigenvalue weighted by molar-refractivity contribution is 9.10. The molecule has 100 valence electrons. The standard InChI is InChI=1S/C10H13BrN2O4S/c1-5-2-6(5)4-13-10(14)7-3-8(9(11)17-7)18(12,15)16/h3,5-6H,2,4H2,1H3,(H,13,14)(H2,12,15,16). The lowest BCUT2D eigenvalue weighted by molar-refractivity contribution is 0.0922. The fraction of sp³-hybridized carbons (Fsp3) is 0.500. The van der Waals surface area contributed by atoms with Gasteiger partial charge in [0, 0.05) is 12.6 Å². The molecule has 1 saturated carbocycles. The minimum atomic E-state index is -3.89. The predicted molar refractivity (Wildman–Crippen MR) is 67.4 cm³/mol. The summed E-state index contributed by atoms with van der Waals surface area (Å²) in [5.41, 5.74) is 0. The number of carbonyl (C=O) groups is 1. The fourth-order valence-electron chi connectivity index (χ4n) is 1.65. The van der Waals surface area contributed by atoms with Gasteiger partial charge >= 0.3 is 0 Å². The van der Waals surface area contributed by atoms with Crippen molar-refractivity contribution < 1.29 is 17.6 Å². The molecule has 1 fully saturated rings. The second-order valence-electron chi connectivity index (χ2n) is 4.48. The van der Waals surface area contributed by atoms with Crippen molar-refractivity contribution in [1.82, 2.24) is 5.32 Å². The van der Waals surface area contributed by atoms with E-state index in [1.165, 1.54) is 0 Å². The van der Waals surface area contributed by atoms with Gasteiger partial charge in [-0.2, -0.15) is 0 Å². The van der Waals surface area contributed by atoms with Gasteiger partial charge < -0.3 is 9.73 Å². The Balaban J connectivity index is 2.07. The van der Waals surface area contributed by atoms with E-state index >= 15 is 0 Å². The van der Waals surface area contributed by atoms with Crippen LogP contribution in [0.1, 0.15) is 23.9 Å². The van der Waals surface area contributed by atoms with E-state index < -0.39 is 15.9 Å². The van der Waals surface area contributed by atoms with Crippen LogP contribution in [0.15, 0.2) is 20.0 Å². The number of primary sulfonamides is 1. The van der Waals surface area contributed by atoms with Crippen LogP contribution in [0.4, 0.5) is 0 Å². The van der Waals surface area contributed by atoms with Gasteiger partial charge in [-0.05, 0) is 34.2 Å². The maximum absolute atomic E-state index is 11.7. The first kappa shape index (κ1) is 13.6. The predicted octanol–water partition coefficient (Wildman–Crippen LogP) is 1.08. The van der Waals surface area contributed by atoms with E-state index in [0.29, 0.717) is 18.4 Å². The molecule has 0 spiro atoms. The van der Waals surface area contributed by atoms with Crippen molar-refractivity contribution in [2.24, 2.45) is 17.0 Å². The minimum absolute atomic E-state index is 0.0602. The molecule has 0 aliphatic heterocycles. The molecule has 1 aliphatic carbocycles. The highest BCUT2D eigenvalue weighted by Crippen LogP contribution is 2.36. The summed E-state index contributed by atoms with van der Waals surface area (Å²) in [6, 6.07) is 1.12. The maximum Gasteiger partial charge on any atom is 0.287 e. The van der Waals surface area contributed by atoms with E-state index in [1.54, 1.807) is 0 Å². The molecule has 0 bridgehead atoms. The first-order valence-electron chi connectivity index (χ1n) is 5.39. The van der Waals surface area contributed by atoms with E-state index in [1.807, 2.05) is 0 Å². The lowest BCUT2D eigenvalue weighted by Gasteiger charge is -2.00. The number of sulfonamides is 1. The van der Waals surface area contributed by atoms with Gasteiger partial charge in [-0.25, -0.2) is 13.6 Å². The van der Waals surface area contributed by atoms with Crippen molar-refractivity contribution in [2.45, 2.75) is 18.2 Å². The number of amides is 1. The molecule has 2 atom stereocenters. The third-order valence-electron chi connectivity index (χ3n) is 2.99. The van der Waals surface area contributed by atoms with Crippen molar-refractivity contribution in [2.75, 3.05) is 6.54 Å². The molecule has 1 amide bonds. The number of hydrogen-bond donors (Lipinski definition) is 2. The summed E-state index contributed by atoms with van der Waals surface area (Å²) in [6.07, 6.45) is 1.10. The molecule has 6 nitrogen and oxygen atoms in total. The SMILES string of the molecule is CC1CC1CNC(=O)c1cc(S(N)(=O)=O)c(Br)o1. The van der Waals surface area contributed by atoms with Crippen LogP contribution in [0.5, 0.6) is 0 Å². The molecule has 1 aromatic rings. The Hall–Kier alpha value is -0.860. The molecule has 1 heterocycles. The number of hydrogen-bond acceptors (Lipinski definition) is 4. The van der Waals surface area contributed by atoms with E-state index in [2.05, 4.69) is 28.2 Å². The first-order chi connectivity index (χ1) is 8.29. The first-order valence-corrected chi connectivity index (χ1v) is 7.73. The summed E-state index contributed by atoms with van der Waals surface area (Å²) in [6.45, 7) is 2.68. The van der Waals surface area contributed by atoms with E-state index in [4.69, 9.17) is 9.56 Å². The molecule has 1 aliphatic rings. The topological polar surface area (TPSA) is 102 Å². The minimum Gasteiger partial charge on any atom is -0.443 e. The summed E-state index contributed by atoms with van der Waals surface area (Å²) in [5.74, 6) is 0.627. The molecule has 0 saturated heterocycles. The van der Waals surface area contributed by atoms with Gasteiger partial charge in [0.2, 0.25) is 10.0 Å². The average Bonchev–Trinajstić information content (AvgIpc) is 2.78. The van der Waals surface area contributed by atoms with Crippen molar-refractivity contribution in [3.8, 4) is 0 Å². The van der Waals surface area contributed by atoms with Gasteiger partial charge in [0.05, 0.1) is 0 Å². The zero-order valence-corrected chi connectivity index (χ0v) is 12.0. The zero-order chi connectivity index (χ0) is 13.5. The normalized spacial score (nSPS) is 22.8. The molecule has 0 radical (unpaired) electrons. The highest BCUT2D eigenvalue weighted by Gasteiger charge is 2.33. The van der Waals surface area contributed by atoms with Crippen molar-refractivity contribution >= 4 is 31.9 Å². The monoisotopic (exact) mass is 336 g/mol. The van der Waals surface area contributed by atoms with Gasteiger partial charge in [0.25, 0.3) is 5.91 Å². The van der Waals surface area contributed by atoms with Crippen LogP contribution in [0, 0.1) is 11.8 Å². The van der Waals surface area contributed by atoms with Crippen molar-refractivity contribution in [1.29, 1.82) is 0 Å². The number of halogens is 1. The second-order valence-corrected chi connectivity index (χ2v) is 6.73. The Kier molecular flexibility index (Phi) is 3.52. The summed E-state index contributed by atoms with van der Waals surface area (Å²) in [4.78, 5) is 11.5. The average molecular weight is 337 g/mol. The zero-order valence-electron chi connectivity index (χ0n) is 9.64. The van der Waals surface area contributed by atoms with Crippen molar-refractivity contribution in [3.63, 3.8) is 0 Å². The molecular weight excluding hydrogens is 324 g/mol. The lowest BCUT2D eigenvalue weighted by atomic mass is 10.3. The molecule has 3 N–H and O–H groups in total. The van der Waals surface area contributed by atoms with Crippen LogP contribution in [-0.2, 0) is 10.0 Å². The number of rotatable bonds is 4. The third-order valence-corrected chi connectivity index (χ3v) is 4.75. The summed E-state index contributed by atoms with van der Waals surface area (Å²) in [7, 11) is -3.89. The van der Waals surface area contributed by atoms with Crippen LogP contribution in [0.25, 0.3) is 0 Å². The summed E-state index contributed by atoms with van der Waals surface area (Å²) < 4.78 is 27.3. The van der Waals surface area contributed by atoms with Crippen LogP contribution >= 0.6 is 15.9 Å². The second kappa shape index (κ2) is 4.67. The van der Waals surface area contributed by atoms with Gasteiger partial charge in [-0.15, -0.1) is 0 Å². The largest absolute Gasteiger partial charge is 0.443 e. The van der Waals surface area contributed by atoms with E-state index in [-0.39, 0.29) is 15.3 Å². The number of nitrogens with one attached hydrogen (secondary N) is 1. The van der Waals surface area contributed by atoms with Gasteiger partial charge in [-0.1, -0.05) is 6.92 Å². The third kappa shape index (κ3) is 2.93. The van der Waals surface area contributed by atoms with Crippen molar-refractivity contribution in [3.05, 3.63) is 16.5 Å². The summed E-state index contributed by atoms with van der Waals surface area (Å²) >= 11 is 2.92. The molecule has 1 aromatic heterocycles. The van der Waals surface area contributed by atoms with Gasteiger partial charge in [-0.3, -0.25) is 4.79 Å². The molecule has 18 heavy (non-hydrogen) atoms. The number of carbonyl (C=O) groups excluding carboxylic acids is 1. The van der Waals surface area contributed by atoms with E-state index in [9.17, 15) is 13.2 Å². The molecule has 8 heteroatoms. The Labute approximate surface area is 113 Å².